The Kier molecular flexibility index (Phi) is 9.57. The molecule has 3 N–H and O–H groups in total. The Hall–Kier alpha value is -3.03. The number of carbonyl (C=O) groups is 1. The molecule has 1 saturated heterocycles. The summed E-state index contributed by atoms with van der Waals surface area (Å²) in [4.78, 5) is 15.0. The maximum Gasteiger partial charge on any atom is 0.224 e. The lowest BCUT2D eigenvalue weighted by molar-refractivity contribution is -0.119. The topological polar surface area (TPSA) is 91.3 Å². The fourth-order valence-electron chi connectivity index (χ4n) is 4.35. The summed E-state index contributed by atoms with van der Waals surface area (Å²) in [6.45, 7) is 10.6. The molecule has 0 bridgehead atoms. The molecular formula is C28H38N2O5. The number of phenols is 2. The zero-order valence-corrected chi connectivity index (χ0v) is 21.3. The number of methoxy groups -OCH3 is 1. The molecular weight excluding hydrogens is 444 g/mol. The molecule has 0 aliphatic carbocycles. The van der Waals surface area contributed by atoms with Crippen molar-refractivity contribution in [2.24, 2.45) is 0 Å². The molecule has 190 valence electrons. The summed E-state index contributed by atoms with van der Waals surface area (Å²) in [5.41, 5.74) is 3.88. The molecule has 0 radical (unpaired) electrons. The molecule has 0 spiro atoms. The summed E-state index contributed by atoms with van der Waals surface area (Å²) in [5, 5.41) is 24.0. The van der Waals surface area contributed by atoms with Crippen LogP contribution in [0.4, 0.5) is 0 Å². The first-order chi connectivity index (χ1) is 16.9. The van der Waals surface area contributed by atoms with Crippen molar-refractivity contribution >= 4 is 17.2 Å². The molecule has 1 unspecified atom stereocenters. The van der Waals surface area contributed by atoms with Crippen LogP contribution >= 0.6 is 0 Å². The number of hydrogen-bond donors (Lipinski definition) is 3. The van der Waals surface area contributed by atoms with E-state index in [-0.39, 0.29) is 29.7 Å². The first-order valence-electron chi connectivity index (χ1n) is 12.4. The summed E-state index contributed by atoms with van der Waals surface area (Å²) in [6.07, 6.45) is 0.930. The normalized spacial score (nSPS) is 15.9. The molecule has 2 aromatic rings. The van der Waals surface area contributed by atoms with Gasteiger partial charge in [-0.25, -0.2) is 0 Å². The number of nitrogens with one attached hydrogen (secondary N) is 1. The van der Waals surface area contributed by atoms with Gasteiger partial charge in [0.15, 0.2) is 0 Å². The van der Waals surface area contributed by atoms with Crippen molar-refractivity contribution in [3.63, 3.8) is 0 Å². The van der Waals surface area contributed by atoms with Crippen molar-refractivity contribution in [3.8, 4) is 11.5 Å². The lowest BCUT2D eigenvalue weighted by atomic mass is 9.92. The van der Waals surface area contributed by atoms with Crippen molar-refractivity contribution in [3.05, 3.63) is 58.7 Å². The van der Waals surface area contributed by atoms with Gasteiger partial charge >= 0.3 is 0 Å². The second kappa shape index (κ2) is 12.6. The van der Waals surface area contributed by atoms with Crippen molar-refractivity contribution in [1.29, 1.82) is 0 Å². The molecule has 7 nitrogen and oxygen atoms in total. The van der Waals surface area contributed by atoms with Crippen LogP contribution in [0, 0.1) is 0 Å². The van der Waals surface area contributed by atoms with Crippen molar-refractivity contribution in [2.75, 3.05) is 40.0 Å². The number of phenolic OH excluding ortho intramolecular Hbond substituents is 2. The van der Waals surface area contributed by atoms with E-state index in [0.29, 0.717) is 23.4 Å². The van der Waals surface area contributed by atoms with Gasteiger partial charge in [-0.2, -0.15) is 0 Å². The first-order valence-corrected chi connectivity index (χ1v) is 12.4. The molecule has 0 aromatic heterocycles. The minimum absolute atomic E-state index is 0.0498. The summed E-state index contributed by atoms with van der Waals surface area (Å²) >= 11 is 0. The number of ether oxygens (including phenoxy) is 2. The highest BCUT2D eigenvalue weighted by Gasteiger charge is 2.22. The Balaban J connectivity index is 2.04. The third-order valence-electron chi connectivity index (χ3n) is 6.53. The number of morpholine rings is 1. The maximum absolute atomic E-state index is 12.6. The van der Waals surface area contributed by atoms with E-state index in [1.54, 1.807) is 6.07 Å². The van der Waals surface area contributed by atoms with E-state index in [1.807, 2.05) is 32.9 Å². The summed E-state index contributed by atoms with van der Waals surface area (Å²) < 4.78 is 11.2. The minimum atomic E-state index is -0.130. The lowest BCUT2D eigenvalue weighted by Crippen LogP contribution is -2.35. The van der Waals surface area contributed by atoms with E-state index in [2.05, 4.69) is 22.3 Å². The van der Waals surface area contributed by atoms with Crippen LogP contribution in [0.2, 0.25) is 0 Å². The standard InChI is InChI=1S/C28H38N2O5/c1-5-19(3)22-15-24(26(32)17-25(22)31)28(34-4)23(16-27(33)29-6-2)21-9-7-20(8-10-21)18-30-11-13-35-14-12-30/h7-10,15,17,19,31-32H,5-6,11-14,16,18H2,1-4H3,(H,29,33)/b28-23+. The van der Waals surface area contributed by atoms with Crippen LogP contribution in [0.5, 0.6) is 11.5 Å². The van der Waals surface area contributed by atoms with Crippen LogP contribution < -0.4 is 5.32 Å². The van der Waals surface area contributed by atoms with Gasteiger partial charge in [-0.3, -0.25) is 9.69 Å². The van der Waals surface area contributed by atoms with Gasteiger partial charge in [0.05, 0.1) is 32.3 Å². The molecule has 1 aliphatic rings. The molecule has 3 rings (SSSR count). The van der Waals surface area contributed by atoms with E-state index in [1.165, 1.54) is 18.7 Å². The number of aromatic hydroxyl groups is 2. The van der Waals surface area contributed by atoms with E-state index < -0.39 is 0 Å². The summed E-state index contributed by atoms with van der Waals surface area (Å²) in [5.74, 6) is 0.338. The SMILES string of the molecule is CCNC(=O)C/C(=C(\OC)c1cc(C(C)CC)c(O)cc1O)c1ccc(CN2CCOCC2)cc1. The highest BCUT2D eigenvalue weighted by molar-refractivity contribution is 5.98. The minimum Gasteiger partial charge on any atom is -0.508 e. The predicted octanol–water partition coefficient (Wildman–Crippen LogP) is 4.48. The van der Waals surface area contributed by atoms with E-state index in [0.717, 1.165) is 50.4 Å². The molecule has 1 amide bonds. The molecule has 0 saturated carbocycles. The molecule has 2 aromatic carbocycles. The van der Waals surface area contributed by atoms with Crippen molar-refractivity contribution in [2.45, 2.75) is 46.1 Å². The van der Waals surface area contributed by atoms with Gasteiger partial charge < -0.3 is 25.0 Å². The Bertz CT molecular complexity index is 1030. The van der Waals surface area contributed by atoms with Gasteiger partial charge in [0.1, 0.15) is 17.3 Å². The zero-order valence-electron chi connectivity index (χ0n) is 21.3. The summed E-state index contributed by atoms with van der Waals surface area (Å²) in [7, 11) is 1.54. The molecule has 35 heavy (non-hydrogen) atoms. The second-order valence-corrected chi connectivity index (χ2v) is 8.96. The predicted molar refractivity (Wildman–Crippen MR) is 138 cm³/mol. The lowest BCUT2D eigenvalue weighted by Gasteiger charge is -2.26. The van der Waals surface area contributed by atoms with Crippen LogP contribution in [0.3, 0.4) is 0 Å². The van der Waals surface area contributed by atoms with Gasteiger partial charge in [0, 0.05) is 37.8 Å². The fourth-order valence-corrected chi connectivity index (χ4v) is 4.35. The Morgan fingerprint density at radius 3 is 2.40 bits per heavy atom. The Labute approximate surface area is 208 Å². The third-order valence-corrected chi connectivity index (χ3v) is 6.53. The molecule has 1 atom stereocenters. The smallest absolute Gasteiger partial charge is 0.224 e. The van der Waals surface area contributed by atoms with Crippen LogP contribution in [0.25, 0.3) is 11.3 Å². The third kappa shape index (κ3) is 6.77. The average molecular weight is 483 g/mol. The van der Waals surface area contributed by atoms with Gasteiger partial charge in [-0.1, -0.05) is 38.1 Å². The van der Waals surface area contributed by atoms with Crippen LogP contribution in [-0.2, 0) is 20.8 Å². The number of hydrogen-bond acceptors (Lipinski definition) is 6. The molecule has 7 heteroatoms. The molecule has 1 aliphatic heterocycles. The number of carbonyl (C=O) groups excluding carboxylic acids is 1. The highest BCUT2D eigenvalue weighted by atomic mass is 16.5. The summed E-state index contributed by atoms with van der Waals surface area (Å²) in [6, 6.07) is 11.2. The number of benzene rings is 2. The molecule has 1 fully saturated rings. The highest BCUT2D eigenvalue weighted by Crippen LogP contribution is 2.40. The Morgan fingerprint density at radius 1 is 1.11 bits per heavy atom. The molecule has 1 heterocycles. The van der Waals surface area contributed by atoms with Crippen LogP contribution in [-0.4, -0.2) is 61.0 Å². The van der Waals surface area contributed by atoms with Crippen molar-refractivity contribution in [1.82, 2.24) is 10.2 Å². The van der Waals surface area contributed by atoms with Gasteiger partial charge in [0.2, 0.25) is 5.91 Å². The van der Waals surface area contributed by atoms with Gasteiger partial charge in [-0.15, -0.1) is 0 Å². The second-order valence-electron chi connectivity index (χ2n) is 8.96. The van der Waals surface area contributed by atoms with Crippen LogP contribution in [0.1, 0.15) is 61.8 Å². The van der Waals surface area contributed by atoms with Gasteiger partial charge in [0.25, 0.3) is 0 Å². The number of nitrogens with zero attached hydrogens (tertiary/aromatic N) is 1. The van der Waals surface area contributed by atoms with E-state index >= 15 is 0 Å². The number of rotatable bonds is 10. The zero-order chi connectivity index (χ0) is 25.4. The average Bonchev–Trinajstić information content (AvgIpc) is 2.86. The van der Waals surface area contributed by atoms with Crippen LogP contribution in [0.15, 0.2) is 36.4 Å². The van der Waals surface area contributed by atoms with E-state index in [9.17, 15) is 15.0 Å². The van der Waals surface area contributed by atoms with Gasteiger partial charge in [-0.05, 0) is 42.0 Å². The van der Waals surface area contributed by atoms with Crippen molar-refractivity contribution < 1.29 is 24.5 Å². The number of amides is 1. The quantitative estimate of drug-likeness (QED) is 0.342. The Morgan fingerprint density at radius 2 is 1.80 bits per heavy atom. The first kappa shape index (κ1) is 26.6. The largest absolute Gasteiger partial charge is 0.508 e. The van der Waals surface area contributed by atoms with E-state index in [4.69, 9.17) is 9.47 Å². The fraction of sp³-hybridized carbons (Fsp3) is 0.464. The maximum atomic E-state index is 12.6. The monoisotopic (exact) mass is 482 g/mol.